The Balaban J connectivity index is 1.84. The van der Waals surface area contributed by atoms with Crippen LogP contribution in [0.15, 0.2) is 48.7 Å². The summed E-state index contributed by atoms with van der Waals surface area (Å²) < 4.78 is 27.4. The summed E-state index contributed by atoms with van der Waals surface area (Å²) in [5.74, 6) is -1.00. The minimum Gasteiger partial charge on any atom is -0.335 e. The van der Waals surface area contributed by atoms with E-state index < -0.39 is 11.6 Å². The van der Waals surface area contributed by atoms with Crippen molar-refractivity contribution in [2.45, 2.75) is 0 Å². The van der Waals surface area contributed by atoms with Crippen molar-refractivity contribution < 1.29 is 8.78 Å². The van der Waals surface area contributed by atoms with Crippen LogP contribution in [0.5, 0.6) is 0 Å². The lowest BCUT2D eigenvalue weighted by Crippen LogP contribution is -2.03. The van der Waals surface area contributed by atoms with E-state index >= 15 is 0 Å². The molecule has 0 aliphatic rings. The molecule has 0 saturated carbocycles. The number of para-hydroxylation sites is 1. The zero-order valence-electron chi connectivity index (χ0n) is 12.0. The molecule has 0 aliphatic carbocycles. The molecular weight excluding hydrogens is 357 g/mol. The number of hydrogen-bond donors (Lipinski definition) is 2. The molecule has 8 heteroatoms. The van der Waals surface area contributed by atoms with Gasteiger partial charge in [-0.1, -0.05) is 29.3 Å². The van der Waals surface area contributed by atoms with Crippen molar-refractivity contribution in [2.24, 2.45) is 0 Å². The maximum absolute atomic E-state index is 13.7. The Labute approximate surface area is 146 Å². The Morgan fingerprint density at radius 2 is 1.67 bits per heavy atom. The highest BCUT2D eigenvalue weighted by Crippen LogP contribution is 2.28. The van der Waals surface area contributed by atoms with Crippen LogP contribution in [0.1, 0.15) is 0 Å². The van der Waals surface area contributed by atoms with Gasteiger partial charge in [0.2, 0.25) is 5.95 Å². The Kier molecular flexibility index (Phi) is 4.78. The minimum atomic E-state index is -0.719. The van der Waals surface area contributed by atoms with E-state index in [-0.39, 0.29) is 17.5 Å². The molecule has 0 amide bonds. The van der Waals surface area contributed by atoms with Crippen molar-refractivity contribution in [2.75, 3.05) is 10.6 Å². The smallest absolute Gasteiger partial charge is 0.229 e. The van der Waals surface area contributed by atoms with Crippen molar-refractivity contribution in [3.8, 4) is 0 Å². The van der Waals surface area contributed by atoms with Gasteiger partial charge in [0.05, 0.1) is 10.7 Å². The van der Waals surface area contributed by atoms with E-state index in [0.29, 0.717) is 15.7 Å². The number of nitrogens with zero attached hydrogens (tertiary/aromatic N) is 2. The molecule has 0 fully saturated rings. The maximum Gasteiger partial charge on any atom is 0.229 e. The van der Waals surface area contributed by atoms with Gasteiger partial charge in [0.15, 0.2) is 0 Å². The second-order valence-corrected chi connectivity index (χ2v) is 5.58. The standard InChI is InChI=1S/C16H10Cl2F2N4/c17-9-4-5-13(10(18)8-9)22-16-21-7-6-14(24-16)23-15-11(19)2-1-3-12(15)20/h1-8H,(H2,21,22,23,24). The first-order valence-corrected chi connectivity index (χ1v) is 7.54. The van der Waals surface area contributed by atoms with E-state index in [2.05, 4.69) is 20.6 Å². The monoisotopic (exact) mass is 366 g/mol. The van der Waals surface area contributed by atoms with E-state index in [4.69, 9.17) is 23.2 Å². The average molecular weight is 367 g/mol. The molecule has 0 spiro atoms. The summed E-state index contributed by atoms with van der Waals surface area (Å²) in [6.45, 7) is 0. The molecule has 0 bridgehead atoms. The maximum atomic E-state index is 13.7. The molecule has 4 nitrogen and oxygen atoms in total. The fourth-order valence-electron chi connectivity index (χ4n) is 1.95. The van der Waals surface area contributed by atoms with Gasteiger partial charge in [-0.05, 0) is 36.4 Å². The lowest BCUT2D eigenvalue weighted by atomic mass is 10.3. The largest absolute Gasteiger partial charge is 0.335 e. The Hall–Kier alpha value is -2.44. The molecule has 0 saturated heterocycles. The van der Waals surface area contributed by atoms with E-state index in [1.54, 1.807) is 18.2 Å². The number of aromatic nitrogens is 2. The molecule has 3 aromatic rings. The lowest BCUT2D eigenvalue weighted by Gasteiger charge is -2.10. The number of halogens is 4. The van der Waals surface area contributed by atoms with Gasteiger partial charge in [-0.25, -0.2) is 13.8 Å². The van der Waals surface area contributed by atoms with Crippen molar-refractivity contribution in [1.29, 1.82) is 0 Å². The third kappa shape index (κ3) is 3.72. The Morgan fingerprint density at radius 3 is 2.38 bits per heavy atom. The quantitative estimate of drug-likeness (QED) is 0.635. The lowest BCUT2D eigenvalue weighted by molar-refractivity contribution is 0.590. The molecule has 0 unspecified atom stereocenters. The first-order chi connectivity index (χ1) is 11.5. The molecule has 122 valence electrons. The first kappa shape index (κ1) is 16.4. The van der Waals surface area contributed by atoms with Crippen LogP contribution in [-0.2, 0) is 0 Å². The number of hydrogen-bond acceptors (Lipinski definition) is 4. The predicted molar refractivity (Wildman–Crippen MR) is 91.4 cm³/mol. The number of nitrogens with one attached hydrogen (secondary N) is 2. The fraction of sp³-hybridized carbons (Fsp3) is 0. The summed E-state index contributed by atoms with van der Waals surface area (Å²) in [5.41, 5.74) is 0.266. The van der Waals surface area contributed by atoms with Crippen LogP contribution in [0.3, 0.4) is 0 Å². The second-order valence-electron chi connectivity index (χ2n) is 4.74. The topological polar surface area (TPSA) is 49.8 Å². The molecule has 1 aromatic heterocycles. The molecule has 0 atom stereocenters. The second kappa shape index (κ2) is 6.98. The van der Waals surface area contributed by atoms with Crippen LogP contribution in [0.4, 0.5) is 31.9 Å². The van der Waals surface area contributed by atoms with Crippen molar-refractivity contribution in [3.63, 3.8) is 0 Å². The molecule has 2 N–H and O–H groups in total. The van der Waals surface area contributed by atoms with Crippen LogP contribution >= 0.6 is 23.2 Å². The highest BCUT2D eigenvalue weighted by Gasteiger charge is 2.10. The van der Waals surface area contributed by atoms with E-state index in [1.807, 2.05) is 0 Å². The molecular formula is C16H10Cl2F2N4. The Morgan fingerprint density at radius 1 is 0.917 bits per heavy atom. The third-order valence-electron chi connectivity index (χ3n) is 3.05. The minimum absolute atomic E-state index is 0.209. The molecule has 24 heavy (non-hydrogen) atoms. The normalized spacial score (nSPS) is 10.5. The van der Waals surface area contributed by atoms with Crippen molar-refractivity contribution >= 4 is 46.3 Å². The van der Waals surface area contributed by atoms with Gasteiger partial charge >= 0.3 is 0 Å². The molecule has 3 rings (SSSR count). The van der Waals surface area contributed by atoms with Gasteiger partial charge in [-0.3, -0.25) is 0 Å². The van der Waals surface area contributed by atoms with Gasteiger partial charge in [0.1, 0.15) is 23.1 Å². The summed E-state index contributed by atoms with van der Waals surface area (Å²) in [7, 11) is 0. The molecule has 0 radical (unpaired) electrons. The molecule has 2 aromatic carbocycles. The highest BCUT2D eigenvalue weighted by molar-refractivity contribution is 6.36. The highest BCUT2D eigenvalue weighted by atomic mass is 35.5. The van der Waals surface area contributed by atoms with Gasteiger partial charge in [0, 0.05) is 11.2 Å². The van der Waals surface area contributed by atoms with Crippen LogP contribution in [0.25, 0.3) is 0 Å². The van der Waals surface area contributed by atoms with E-state index in [9.17, 15) is 8.78 Å². The zero-order chi connectivity index (χ0) is 17.1. The Bertz CT molecular complexity index is 869. The fourth-order valence-corrected chi connectivity index (χ4v) is 2.40. The summed E-state index contributed by atoms with van der Waals surface area (Å²) in [5, 5.41) is 6.40. The van der Waals surface area contributed by atoms with Gasteiger partial charge in [-0.2, -0.15) is 4.98 Å². The number of anilines is 4. The van der Waals surface area contributed by atoms with E-state index in [0.717, 1.165) is 12.1 Å². The van der Waals surface area contributed by atoms with Crippen LogP contribution in [-0.4, -0.2) is 9.97 Å². The number of rotatable bonds is 4. The van der Waals surface area contributed by atoms with Gasteiger partial charge in [0.25, 0.3) is 0 Å². The van der Waals surface area contributed by atoms with Crippen molar-refractivity contribution in [1.82, 2.24) is 9.97 Å². The SMILES string of the molecule is Fc1cccc(F)c1Nc1ccnc(Nc2ccc(Cl)cc2Cl)n1. The van der Waals surface area contributed by atoms with Gasteiger partial charge in [-0.15, -0.1) is 0 Å². The molecule has 0 aliphatic heterocycles. The summed E-state index contributed by atoms with van der Waals surface area (Å²) >= 11 is 11.9. The van der Waals surface area contributed by atoms with E-state index in [1.165, 1.54) is 18.3 Å². The summed E-state index contributed by atoms with van der Waals surface area (Å²) in [6, 6.07) is 9.98. The summed E-state index contributed by atoms with van der Waals surface area (Å²) in [6.07, 6.45) is 1.44. The van der Waals surface area contributed by atoms with Crippen LogP contribution < -0.4 is 10.6 Å². The third-order valence-corrected chi connectivity index (χ3v) is 3.60. The van der Waals surface area contributed by atoms with Crippen molar-refractivity contribution in [3.05, 3.63) is 70.3 Å². The predicted octanol–water partition coefficient (Wildman–Crippen LogP) is 5.55. The number of benzene rings is 2. The first-order valence-electron chi connectivity index (χ1n) is 6.79. The van der Waals surface area contributed by atoms with Gasteiger partial charge < -0.3 is 10.6 Å². The zero-order valence-corrected chi connectivity index (χ0v) is 13.5. The summed E-state index contributed by atoms with van der Waals surface area (Å²) in [4.78, 5) is 8.19. The molecule has 1 heterocycles. The average Bonchev–Trinajstić information content (AvgIpc) is 2.54. The van der Waals surface area contributed by atoms with Crippen LogP contribution in [0, 0.1) is 11.6 Å². The van der Waals surface area contributed by atoms with Crippen LogP contribution in [0.2, 0.25) is 10.0 Å².